The summed E-state index contributed by atoms with van der Waals surface area (Å²) in [6.07, 6.45) is 4.62. The summed E-state index contributed by atoms with van der Waals surface area (Å²) in [6.45, 7) is -0.734. The van der Waals surface area contributed by atoms with E-state index in [-0.39, 0.29) is 18.4 Å². The Morgan fingerprint density at radius 2 is 2.26 bits per heavy atom. The zero-order chi connectivity index (χ0) is 16.0. The molecule has 122 valence electrons. The minimum Gasteiger partial charge on any atom is -0.337 e. The maximum Gasteiger partial charge on any atom is 0.267 e. The monoisotopic (exact) mass is 323 g/mol. The number of hydrogen-bond donors (Lipinski definition) is 0. The van der Waals surface area contributed by atoms with Crippen molar-refractivity contribution in [2.24, 2.45) is 0 Å². The molecule has 1 aliphatic heterocycles. The molecule has 0 aromatic carbocycles. The van der Waals surface area contributed by atoms with E-state index in [4.69, 9.17) is 4.52 Å². The normalized spacial score (nSPS) is 23.4. The summed E-state index contributed by atoms with van der Waals surface area (Å²) >= 11 is 0. The molecule has 2 fully saturated rings. The zero-order valence-electron chi connectivity index (χ0n) is 12.2. The van der Waals surface area contributed by atoms with Crippen LogP contribution in [-0.2, 0) is 11.3 Å². The second-order valence-electron chi connectivity index (χ2n) is 6.07. The summed E-state index contributed by atoms with van der Waals surface area (Å²) in [7, 11) is 0. The summed E-state index contributed by atoms with van der Waals surface area (Å²) in [5.74, 6) is -2.49. The Hall–Kier alpha value is -2.32. The second-order valence-corrected chi connectivity index (χ2v) is 6.07. The van der Waals surface area contributed by atoms with Gasteiger partial charge < -0.3 is 9.42 Å². The van der Waals surface area contributed by atoms with E-state index in [0.717, 1.165) is 17.7 Å². The van der Waals surface area contributed by atoms with Crippen molar-refractivity contribution in [1.82, 2.24) is 24.8 Å². The van der Waals surface area contributed by atoms with Crippen molar-refractivity contribution in [2.45, 2.75) is 43.7 Å². The molecular weight excluding hydrogens is 308 g/mol. The van der Waals surface area contributed by atoms with Crippen molar-refractivity contribution >= 4 is 5.91 Å². The van der Waals surface area contributed by atoms with Crippen molar-refractivity contribution in [2.75, 3.05) is 6.54 Å². The van der Waals surface area contributed by atoms with Crippen molar-refractivity contribution in [3.05, 3.63) is 30.2 Å². The standard InChI is InChI=1S/C14H15F2N5O2/c15-14(16)6-10(13-18-12(19-23-13)9-2-3-9)21(8-14)11(22)7-20-5-1-4-17-20/h1,4-5,9-10H,2-3,6-8H2/t10-/m0/s1. The van der Waals surface area contributed by atoms with Gasteiger partial charge in [0.15, 0.2) is 5.82 Å². The molecule has 23 heavy (non-hydrogen) atoms. The smallest absolute Gasteiger partial charge is 0.267 e. The first kappa shape index (κ1) is 14.3. The third-order valence-corrected chi connectivity index (χ3v) is 4.13. The minimum absolute atomic E-state index is 0.0940. The number of likely N-dealkylation sites (tertiary alicyclic amines) is 1. The van der Waals surface area contributed by atoms with E-state index in [1.165, 1.54) is 10.9 Å². The first-order valence-electron chi connectivity index (χ1n) is 7.50. The highest BCUT2D eigenvalue weighted by Crippen LogP contribution is 2.43. The largest absolute Gasteiger partial charge is 0.337 e. The summed E-state index contributed by atoms with van der Waals surface area (Å²) in [4.78, 5) is 17.7. The van der Waals surface area contributed by atoms with Gasteiger partial charge in [0.25, 0.3) is 5.92 Å². The fraction of sp³-hybridized carbons (Fsp3) is 0.571. The molecule has 1 aliphatic carbocycles. The van der Waals surface area contributed by atoms with E-state index in [1.54, 1.807) is 12.3 Å². The number of carbonyl (C=O) groups is 1. The molecule has 1 saturated carbocycles. The van der Waals surface area contributed by atoms with Crippen LogP contribution in [0.2, 0.25) is 0 Å². The average Bonchev–Trinajstić information content (AvgIpc) is 2.92. The highest BCUT2D eigenvalue weighted by molar-refractivity contribution is 5.76. The highest BCUT2D eigenvalue weighted by Gasteiger charge is 2.50. The molecule has 0 radical (unpaired) electrons. The summed E-state index contributed by atoms with van der Waals surface area (Å²) < 4.78 is 34.2. The number of nitrogens with zero attached hydrogens (tertiary/aromatic N) is 5. The molecular formula is C14H15F2N5O2. The quantitative estimate of drug-likeness (QED) is 0.857. The van der Waals surface area contributed by atoms with E-state index in [2.05, 4.69) is 15.2 Å². The topological polar surface area (TPSA) is 77.1 Å². The fourth-order valence-electron chi connectivity index (χ4n) is 2.81. The molecule has 7 nitrogen and oxygen atoms in total. The van der Waals surface area contributed by atoms with Crippen LogP contribution < -0.4 is 0 Å². The number of aromatic nitrogens is 4. The fourth-order valence-corrected chi connectivity index (χ4v) is 2.81. The Morgan fingerprint density at radius 1 is 1.43 bits per heavy atom. The molecule has 9 heteroatoms. The minimum atomic E-state index is -2.96. The van der Waals surface area contributed by atoms with Crippen LogP contribution in [0.15, 0.2) is 23.0 Å². The first-order chi connectivity index (χ1) is 11.0. The number of alkyl halides is 2. The molecule has 1 saturated heterocycles. The number of amides is 1. The molecule has 0 spiro atoms. The van der Waals surface area contributed by atoms with Crippen molar-refractivity contribution in [3.63, 3.8) is 0 Å². The van der Waals surface area contributed by atoms with Crippen LogP contribution in [0.1, 0.15) is 42.9 Å². The lowest BCUT2D eigenvalue weighted by molar-refractivity contribution is -0.134. The lowest BCUT2D eigenvalue weighted by atomic mass is 10.2. The lowest BCUT2D eigenvalue weighted by Crippen LogP contribution is -2.35. The Balaban J connectivity index is 1.56. The van der Waals surface area contributed by atoms with Crippen LogP contribution >= 0.6 is 0 Å². The third kappa shape index (κ3) is 2.82. The van der Waals surface area contributed by atoms with Gasteiger partial charge in [-0.25, -0.2) is 8.78 Å². The van der Waals surface area contributed by atoms with Crippen LogP contribution in [-0.4, -0.2) is 43.2 Å². The van der Waals surface area contributed by atoms with Crippen LogP contribution in [0, 0.1) is 0 Å². The first-order valence-corrected chi connectivity index (χ1v) is 7.50. The SMILES string of the molecule is O=C(Cn1cccn1)N1CC(F)(F)C[C@H]1c1nc(C2CC2)no1. The number of rotatable bonds is 4. The zero-order valence-corrected chi connectivity index (χ0v) is 12.2. The Morgan fingerprint density at radius 3 is 2.96 bits per heavy atom. The lowest BCUT2D eigenvalue weighted by Gasteiger charge is -2.21. The van der Waals surface area contributed by atoms with Gasteiger partial charge in [0.05, 0.1) is 6.54 Å². The van der Waals surface area contributed by atoms with E-state index < -0.39 is 30.8 Å². The maximum atomic E-state index is 13.8. The molecule has 0 unspecified atom stereocenters. The molecule has 2 aromatic heterocycles. The van der Waals surface area contributed by atoms with Crippen LogP contribution in [0.4, 0.5) is 8.78 Å². The molecule has 2 aliphatic rings. The van der Waals surface area contributed by atoms with Gasteiger partial charge >= 0.3 is 0 Å². The maximum absolute atomic E-state index is 13.8. The van der Waals surface area contributed by atoms with Gasteiger partial charge in [0.1, 0.15) is 12.6 Å². The molecule has 1 atom stereocenters. The Labute approximate surface area is 130 Å². The van der Waals surface area contributed by atoms with E-state index in [9.17, 15) is 13.6 Å². The number of carbonyl (C=O) groups excluding carboxylic acids is 1. The van der Waals surface area contributed by atoms with Crippen molar-refractivity contribution in [1.29, 1.82) is 0 Å². The summed E-state index contributed by atoms with van der Waals surface area (Å²) in [6, 6.07) is 0.788. The second kappa shape index (κ2) is 5.10. The van der Waals surface area contributed by atoms with Gasteiger partial charge in [-0.2, -0.15) is 10.1 Å². The van der Waals surface area contributed by atoms with E-state index in [1.807, 2.05) is 0 Å². The van der Waals surface area contributed by atoms with Gasteiger partial charge in [0, 0.05) is 24.7 Å². The van der Waals surface area contributed by atoms with Gasteiger partial charge in [0.2, 0.25) is 11.8 Å². The van der Waals surface area contributed by atoms with Gasteiger partial charge in [-0.1, -0.05) is 5.16 Å². The summed E-state index contributed by atoms with van der Waals surface area (Å²) in [5, 5.41) is 7.78. The average molecular weight is 323 g/mol. The van der Waals surface area contributed by atoms with E-state index >= 15 is 0 Å². The van der Waals surface area contributed by atoms with Gasteiger partial charge in [-0.3, -0.25) is 9.48 Å². The predicted octanol–water partition coefficient (Wildman–Crippen LogP) is 1.75. The Kier molecular flexibility index (Phi) is 3.17. The number of hydrogen-bond acceptors (Lipinski definition) is 5. The van der Waals surface area contributed by atoms with Crippen LogP contribution in [0.25, 0.3) is 0 Å². The number of halogens is 2. The van der Waals surface area contributed by atoms with Crippen molar-refractivity contribution in [3.8, 4) is 0 Å². The predicted molar refractivity (Wildman–Crippen MR) is 72.5 cm³/mol. The molecule has 0 N–H and O–H groups in total. The van der Waals surface area contributed by atoms with E-state index in [0.29, 0.717) is 5.82 Å². The molecule has 3 heterocycles. The molecule has 0 bridgehead atoms. The van der Waals surface area contributed by atoms with Crippen LogP contribution in [0.3, 0.4) is 0 Å². The highest BCUT2D eigenvalue weighted by atomic mass is 19.3. The summed E-state index contributed by atoms with van der Waals surface area (Å²) in [5.41, 5.74) is 0. The molecule has 2 aromatic rings. The van der Waals surface area contributed by atoms with Gasteiger partial charge in [-0.15, -0.1) is 0 Å². The van der Waals surface area contributed by atoms with Gasteiger partial charge in [-0.05, 0) is 18.9 Å². The van der Waals surface area contributed by atoms with Crippen LogP contribution in [0.5, 0.6) is 0 Å². The Bertz CT molecular complexity index is 711. The third-order valence-electron chi connectivity index (χ3n) is 4.13. The molecule has 4 rings (SSSR count). The molecule has 1 amide bonds. The van der Waals surface area contributed by atoms with Crippen molar-refractivity contribution < 1.29 is 18.1 Å².